The zero-order valence-corrected chi connectivity index (χ0v) is 7.58. The van der Waals surface area contributed by atoms with Gasteiger partial charge in [0, 0.05) is 10.1 Å². The average molecular weight is 177 g/mol. The van der Waals surface area contributed by atoms with Gasteiger partial charge in [-0.3, -0.25) is 0 Å². The van der Waals surface area contributed by atoms with E-state index in [0.29, 0.717) is 10.1 Å². The normalized spacial score (nSPS) is 14.8. The third kappa shape index (κ3) is 5.93. The molecule has 2 heteroatoms. The van der Waals surface area contributed by atoms with Gasteiger partial charge in [0.1, 0.15) is 0 Å². The summed E-state index contributed by atoms with van der Waals surface area (Å²) < 4.78 is 0. The molecule has 56 valence electrons. The molecule has 0 atom stereocenters. The molecule has 0 aliphatic rings. The van der Waals surface area contributed by atoms with Crippen LogP contribution >= 0.6 is 23.2 Å². The fourth-order valence-corrected chi connectivity index (χ4v) is 0.836. The van der Waals surface area contributed by atoms with Crippen molar-refractivity contribution in [2.45, 2.75) is 13.8 Å². The quantitative estimate of drug-likeness (QED) is 0.562. The molecule has 0 N–H and O–H groups in total. The van der Waals surface area contributed by atoms with Crippen LogP contribution in [0.4, 0.5) is 0 Å². The van der Waals surface area contributed by atoms with Gasteiger partial charge in [0.05, 0.1) is 0 Å². The highest BCUT2D eigenvalue weighted by molar-refractivity contribution is 6.34. The predicted molar refractivity (Wildman–Crippen MR) is 48.4 cm³/mol. The highest BCUT2D eigenvalue weighted by Gasteiger charge is 1.83. The van der Waals surface area contributed by atoms with Crippen LogP contribution in [0.15, 0.2) is 34.4 Å². The van der Waals surface area contributed by atoms with Gasteiger partial charge in [-0.1, -0.05) is 35.4 Å². The Balaban J connectivity index is 4.08. The van der Waals surface area contributed by atoms with Crippen LogP contribution in [0.3, 0.4) is 0 Å². The summed E-state index contributed by atoms with van der Waals surface area (Å²) in [5.74, 6) is 0. The van der Waals surface area contributed by atoms with Gasteiger partial charge in [-0.15, -0.1) is 0 Å². The first-order valence-corrected chi connectivity index (χ1v) is 3.74. The Labute approximate surface area is 71.8 Å². The predicted octanol–water partition coefficient (Wildman–Crippen LogP) is 3.83. The van der Waals surface area contributed by atoms with Gasteiger partial charge in [-0.25, -0.2) is 0 Å². The third-order valence-corrected chi connectivity index (χ3v) is 1.13. The van der Waals surface area contributed by atoms with Gasteiger partial charge in [0.25, 0.3) is 0 Å². The van der Waals surface area contributed by atoms with Crippen LogP contribution in [0, 0.1) is 0 Å². The minimum absolute atomic E-state index is 0.644. The lowest BCUT2D eigenvalue weighted by molar-refractivity contribution is 1.63. The lowest BCUT2D eigenvalue weighted by Gasteiger charge is -1.85. The largest absolute Gasteiger partial charge is 0.0894 e. The Hall–Kier alpha value is -0.200. The van der Waals surface area contributed by atoms with Crippen LogP contribution in [0.5, 0.6) is 0 Å². The lowest BCUT2D eigenvalue weighted by Crippen LogP contribution is -1.63. The van der Waals surface area contributed by atoms with Gasteiger partial charge >= 0.3 is 0 Å². The maximum Gasteiger partial charge on any atom is 0.0417 e. The standard InChI is InChI=1S/C8H10Cl2/c1-3-4-5-8(10)6-7(2)9/h3-6H,1-2H3/b4-3+,7-6+,8-5+. The minimum Gasteiger partial charge on any atom is -0.0894 e. The SMILES string of the molecule is C/C=C/C=C(Cl)\C=C(/C)Cl. The van der Waals surface area contributed by atoms with Crippen molar-refractivity contribution in [1.29, 1.82) is 0 Å². The molecule has 0 fully saturated rings. The molecule has 0 radical (unpaired) electrons. The minimum atomic E-state index is 0.644. The van der Waals surface area contributed by atoms with E-state index in [1.165, 1.54) is 0 Å². The molecule has 0 amide bonds. The summed E-state index contributed by atoms with van der Waals surface area (Å²) in [7, 11) is 0. The van der Waals surface area contributed by atoms with Gasteiger partial charge in [0.15, 0.2) is 0 Å². The second-order valence-electron chi connectivity index (χ2n) is 1.81. The first kappa shape index (κ1) is 9.80. The number of hydrogen-bond acceptors (Lipinski definition) is 0. The van der Waals surface area contributed by atoms with Crippen molar-refractivity contribution >= 4 is 23.2 Å². The van der Waals surface area contributed by atoms with Gasteiger partial charge in [-0.2, -0.15) is 0 Å². The number of halogens is 2. The smallest absolute Gasteiger partial charge is 0.0417 e. The van der Waals surface area contributed by atoms with Gasteiger partial charge in [0.2, 0.25) is 0 Å². The fourth-order valence-electron chi connectivity index (χ4n) is 0.426. The van der Waals surface area contributed by atoms with Crippen molar-refractivity contribution in [3.8, 4) is 0 Å². The molecule has 0 bridgehead atoms. The highest BCUT2D eigenvalue weighted by Crippen LogP contribution is 2.09. The Kier molecular flexibility index (Phi) is 5.46. The molecular formula is C8H10Cl2. The second-order valence-corrected chi connectivity index (χ2v) is 2.84. The van der Waals surface area contributed by atoms with E-state index in [1.807, 2.05) is 19.1 Å². The van der Waals surface area contributed by atoms with Crippen LogP contribution in [0.1, 0.15) is 13.8 Å². The summed E-state index contributed by atoms with van der Waals surface area (Å²) in [6.45, 7) is 3.71. The van der Waals surface area contributed by atoms with Gasteiger partial charge < -0.3 is 0 Å². The van der Waals surface area contributed by atoms with Crippen LogP contribution < -0.4 is 0 Å². The molecule has 0 saturated heterocycles. The Morgan fingerprint density at radius 2 is 1.90 bits per heavy atom. The van der Waals surface area contributed by atoms with E-state index in [1.54, 1.807) is 19.1 Å². The maximum absolute atomic E-state index is 5.70. The summed E-state index contributed by atoms with van der Waals surface area (Å²) >= 11 is 11.3. The first-order valence-electron chi connectivity index (χ1n) is 2.99. The van der Waals surface area contributed by atoms with Crippen LogP contribution in [-0.2, 0) is 0 Å². The Morgan fingerprint density at radius 3 is 2.30 bits per heavy atom. The molecule has 0 spiro atoms. The molecule has 0 saturated carbocycles. The Morgan fingerprint density at radius 1 is 1.30 bits per heavy atom. The summed E-state index contributed by atoms with van der Waals surface area (Å²) in [5.41, 5.74) is 0. The monoisotopic (exact) mass is 176 g/mol. The summed E-state index contributed by atoms with van der Waals surface area (Å²) in [5, 5.41) is 1.33. The molecule has 0 aromatic rings. The molecule has 10 heavy (non-hydrogen) atoms. The molecule has 0 nitrogen and oxygen atoms in total. The maximum atomic E-state index is 5.70. The van der Waals surface area contributed by atoms with E-state index in [4.69, 9.17) is 23.2 Å². The van der Waals surface area contributed by atoms with Crippen molar-refractivity contribution < 1.29 is 0 Å². The molecule has 0 aliphatic heterocycles. The first-order chi connectivity index (χ1) is 4.66. The van der Waals surface area contributed by atoms with Crippen molar-refractivity contribution in [3.05, 3.63) is 34.4 Å². The van der Waals surface area contributed by atoms with E-state index in [2.05, 4.69) is 0 Å². The summed E-state index contributed by atoms with van der Waals surface area (Å²) in [4.78, 5) is 0. The van der Waals surface area contributed by atoms with E-state index in [0.717, 1.165) is 0 Å². The van der Waals surface area contributed by atoms with E-state index >= 15 is 0 Å². The zero-order valence-electron chi connectivity index (χ0n) is 6.07. The zero-order chi connectivity index (χ0) is 7.98. The molecule has 0 rings (SSSR count). The van der Waals surface area contributed by atoms with Crippen molar-refractivity contribution in [2.75, 3.05) is 0 Å². The van der Waals surface area contributed by atoms with Crippen LogP contribution in [-0.4, -0.2) is 0 Å². The summed E-state index contributed by atoms with van der Waals surface area (Å²) in [6, 6.07) is 0. The summed E-state index contributed by atoms with van der Waals surface area (Å²) in [6.07, 6.45) is 7.25. The molecule has 0 aliphatic carbocycles. The van der Waals surface area contributed by atoms with E-state index in [-0.39, 0.29) is 0 Å². The Bertz CT molecular complexity index is 172. The molecule has 0 aromatic carbocycles. The third-order valence-electron chi connectivity index (χ3n) is 0.785. The molecule has 0 heterocycles. The van der Waals surface area contributed by atoms with Crippen molar-refractivity contribution in [3.63, 3.8) is 0 Å². The second kappa shape index (κ2) is 5.57. The number of hydrogen-bond donors (Lipinski definition) is 0. The van der Waals surface area contributed by atoms with Crippen LogP contribution in [0.25, 0.3) is 0 Å². The number of allylic oxidation sites excluding steroid dienone is 6. The number of rotatable bonds is 2. The van der Waals surface area contributed by atoms with E-state index < -0.39 is 0 Å². The average Bonchev–Trinajstić information content (AvgIpc) is 1.82. The van der Waals surface area contributed by atoms with Crippen LogP contribution in [0.2, 0.25) is 0 Å². The van der Waals surface area contributed by atoms with Crippen molar-refractivity contribution in [1.82, 2.24) is 0 Å². The molecule has 0 unspecified atom stereocenters. The lowest BCUT2D eigenvalue weighted by atomic mass is 10.4. The van der Waals surface area contributed by atoms with Gasteiger partial charge in [-0.05, 0) is 26.0 Å². The fraction of sp³-hybridized carbons (Fsp3) is 0.250. The van der Waals surface area contributed by atoms with Crippen molar-refractivity contribution in [2.24, 2.45) is 0 Å². The highest BCUT2D eigenvalue weighted by atomic mass is 35.5. The topological polar surface area (TPSA) is 0 Å². The molecular weight excluding hydrogens is 167 g/mol. The van der Waals surface area contributed by atoms with E-state index in [9.17, 15) is 0 Å². The molecule has 0 aromatic heterocycles.